The summed E-state index contributed by atoms with van der Waals surface area (Å²) in [5, 5.41) is 9.40. The van der Waals surface area contributed by atoms with Gasteiger partial charge in [-0.1, -0.05) is 26.0 Å². The van der Waals surface area contributed by atoms with Gasteiger partial charge < -0.3 is 14.7 Å². The molecule has 0 amide bonds. The fraction of sp³-hybridized carbons (Fsp3) is 0.625. The quantitative estimate of drug-likeness (QED) is 0.784. The predicted octanol–water partition coefficient (Wildman–Crippen LogP) is 2.58. The zero-order valence-corrected chi connectivity index (χ0v) is 12.6. The van der Waals surface area contributed by atoms with Crippen LogP contribution in [0.4, 0.5) is 0 Å². The van der Waals surface area contributed by atoms with Gasteiger partial charge in [0.1, 0.15) is 5.75 Å². The van der Waals surface area contributed by atoms with Crippen molar-refractivity contribution in [3.63, 3.8) is 0 Å². The Morgan fingerprint density at radius 1 is 1.21 bits per heavy atom. The summed E-state index contributed by atoms with van der Waals surface area (Å²) < 4.78 is 5.43. The van der Waals surface area contributed by atoms with Gasteiger partial charge in [0.15, 0.2) is 0 Å². The van der Waals surface area contributed by atoms with Crippen molar-refractivity contribution in [2.45, 2.75) is 33.2 Å². The zero-order valence-electron chi connectivity index (χ0n) is 12.6. The number of ether oxygens (including phenoxy) is 1. The molecule has 1 aromatic rings. The minimum atomic E-state index is 0.220. The number of benzene rings is 1. The van der Waals surface area contributed by atoms with Crippen LogP contribution in [0.15, 0.2) is 24.3 Å². The highest BCUT2D eigenvalue weighted by Crippen LogP contribution is 2.14. The monoisotopic (exact) mass is 265 g/mol. The highest BCUT2D eigenvalue weighted by Gasteiger charge is 2.16. The Hall–Kier alpha value is -1.06. The van der Waals surface area contributed by atoms with Crippen LogP contribution in [0.5, 0.6) is 5.75 Å². The van der Waals surface area contributed by atoms with Crippen molar-refractivity contribution < 1.29 is 9.84 Å². The molecule has 0 aliphatic rings. The summed E-state index contributed by atoms with van der Waals surface area (Å²) in [5.41, 5.74) is 1.30. The second-order valence-corrected chi connectivity index (χ2v) is 5.30. The first-order valence-electron chi connectivity index (χ1n) is 7.11. The lowest BCUT2D eigenvalue weighted by Gasteiger charge is -2.29. The fourth-order valence-electron chi connectivity index (χ4n) is 2.25. The van der Waals surface area contributed by atoms with E-state index in [0.29, 0.717) is 12.5 Å². The van der Waals surface area contributed by atoms with Crippen molar-refractivity contribution >= 4 is 0 Å². The molecule has 0 bridgehead atoms. The van der Waals surface area contributed by atoms with Crippen molar-refractivity contribution in [1.82, 2.24) is 4.90 Å². The third kappa shape index (κ3) is 5.21. The van der Waals surface area contributed by atoms with Gasteiger partial charge >= 0.3 is 0 Å². The first kappa shape index (κ1) is 16.0. The number of hydrogen-bond donors (Lipinski definition) is 1. The molecular formula is C16H27NO2. The Bertz CT molecular complexity index is 348. The average molecular weight is 265 g/mol. The number of likely N-dealkylation sites (N-methyl/N-ethyl adjacent to an activating group) is 1. The molecule has 0 aliphatic carbocycles. The van der Waals surface area contributed by atoms with Crippen molar-refractivity contribution in [2.24, 2.45) is 5.92 Å². The summed E-state index contributed by atoms with van der Waals surface area (Å²) in [6.45, 7) is 8.16. The standard InChI is InChI=1S/C16H27NO2/c1-5-19-15-8-6-14(7-9-15)10-11-17(4)16(12-18)13(2)3/h6-9,13,16,18H,5,10-12H2,1-4H3. The Morgan fingerprint density at radius 3 is 2.32 bits per heavy atom. The lowest BCUT2D eigenvalue weighted by molar-refractivity contribution is 0.114. The van der Waals surface area contributed by atoms with Crippen LogP contribution in [-0.2, 0) is 6.42 Å². The van der Waals surface area contributed by atoms with Crippen molar-refractivity contribution in [2.75, 3.05) is 26.8 Å². The Kier molecular flexibility index (Phi) is 6.89. The fourth-order valence-corrected chi connectivity index (χ4v) is 2.25. The molecule has 108 valence electrons. The van der Waals surface area contributed by atoms with Gasteiger partial charge in [-0.25, -0.2) is 0 Å². The Morgan fingerprint density at radius 2 is 1.84 bits per heavy atom. The molecule has 19 heavy (non-hydrogen) atoms. The molecule has 0 aromatic heterocycles. The van der Waals surface area contributed by atoms with Crippen LogP contribution in [0.3, 0.4) is 0 Å². The van der Waals surface area contributed by atoms with Gasteiger partial charge in [0, 0.05) is 12.6 Å². The summed E-state index contributed by atoms with van der Waals surface area (Å²) in [6, 6.07) is 8.50. The number of hydrogen-bond acceptors (Lipinski definition) is 3. The van der Waals surface area contributed by atoms with E-state index >= 15 is 0 Å². The maximum atomic E-state index is 9.40. The molecule has 0 saturated carbocycles. The van der Waals surface area contributed by atoms with Gasteiger partial charge in [0.2, 0.25) is 0 Å². The summed E-state index contributed by atoms with van der Waals surface area (Å²) in [6.07, 6.45) is 0.992. The average Bonchev–Trinajstić information content (AvgIpc) is 2.38. The summed E-state index contributed by atoms with van der Waals surface area (Å²) >= 11 is 0. The highest BCUT2D eigenvalue weighted by atomic mass is 16.5. The summed E-state index contributed by atoms with van der Waals surface area (Å²) in [5.74, 6) is 1.39. The molecule has 1 atom stereocenters. The molecule has 1 aromatic carbocycles. The smallest absolute Gasteiger partial charge is 0.119 e. The number of aliphatic hydroxyl groups excluding tert-OH is 1. The molecule has 3 heteroatoms. The van der Waals surface area contributed by atoms with E-state index < -0.39 is 0 Å². The predicted molar refractivity (Wildman–Crippen MR) is 79.7 cm³/mol. The minimum Gasteiger partial charge on any atom is -0.494 e. The molecule has 3 nitrogen and oxygen atoms in total. The van der Waals surface area contributed by atoms with Crippen LogP contribution in [0.1, 0.15) is 26.3 Å². The molecule has 1 rings (SSSR count). The van der Waals surface area contributed by atoms with Crippen molar-refractivity contribution in [1.29, 1.82) is 0 Å². The molecule has 0 heterocycles. The van der Waals surface area contributed by atoms with Gasteiger partial charge in [0.05, 0.1) is 13.2 Å². The van der Waals surface area contributed by atoms with Gasteiger partial charge in [-0.2, -0.15) is 0 Å². The third-order valence-corrected chi connectivity index (χ3v) is 3.51. The van der Waals surface area contributed by atoms with Gasteiger partial charge in [0.25, 0.3) is 0 Å². The highest BCUT2D eigenvalue weighted by molar-refractivity contribution is 5.27. The minimum absolute atomic E-state index is 0.220. The zero-order chi connectivity index (χ0) is 14.3. The van der Waals surface area contributed by atoms with Crippen LogP contribution in [0.25, 0.3) is 0 Å². The van der Waals surface area contributed by atoms with Crippen LogP contribution in [-0.4, -0.2) is 42.9 Å². The number of nitrogens with zero attached hydrogens (tertiary/aromatic N) is 1. The van der Waals surface area contributed by atoms with E-state index in [1.54, 1.807) is 0 Å². The van der Waals surface area contributed by atoms with Crippen molar-refractivity contribution in [3.8, 4) is 5.75 Å². The summed E-state index contributed by atoms with van der Waals surface area (Å²) in [4.78, 5) is 2.24. The Labute approximate surface area is 117 Å². The molecule has 0 spiro atoms. The van der Waals surface area contributed by atoms with Gasteiger partial charge in [-0.05, 0) is 44.0 Å². The van der Waals surface area contributed by atoms with Gasteiger partial charge in [-0.15, -0.1) is 0 Å². The molecule has 1 N–H and O–H groups in total. The first-order chi connectivity index (χ1) is 9.08. The van der Waals surface area contributed by atoms with Crippen LogP contribution >= 0.6 is 0 Å². The largest absolute Gasteiger partial charge is 0.494 e. The SMILES string of the molecule is CCOc1ccc(CCN(C)C(CO)C(C)C)cc1. The van der Waals surface area contributed by atoms with E-state index in [0.717, 1.165) is 18.7 Å². The van der Waals surface area contributed by atoms with E-state index in [4.69, 9.17) is 4.74 Å². The number of aliphatic hydroxyl groups is 1. The van der Waals surface area contributed by atoms with E-state index in [2.05, 4.69) is 37.9 Å². The lowest BCUT2D eigenvalue weighted by Crippen LogP contribution is -2.39. The second-order valence-electron chi connectivity index (χ2n) is 5.30. The summed E-state index contributed by atoms with van der Waals surface area (Å²) in [7, 11) is 2.08. The van der Waals surface area contributed by atoms with Crippen LogP contribution in [0, 0.1) is 5.92 Å². The number of rotatable bonds is 8. The van der Waals surface area contributed by atoms with Crippen LogP contribution < -0.4 is 4.74 Å². The molecule has 0 aliphatic heterocycles. The molecule has 0 radical (unpaired) electrons. The van der Waals surface area contributed by atoms with Gasteiger partial charge in [-0.3, -0.25) is 0 Å². The Balaban J connectivity index is 2.47. The van der Waals surface area contributed by atoms with E-state index in [9.17, 15) is 5.11 Å². The molecule has 0 fully saturated rings. The van der Waals surface area contributed by atoms with Crippen molar-refractivity contribution in [3.05, 3.63) is 29.8 Å². The van der Waals surface area contributed by atoms with E-state index in [1.807, 2.05) is 19.1 Å². The van der Waals surface area contributed by atoms with Crippen LogP contribution in [0.2, 0.25) is 0 Å². The maximum Gasteiger partial charge on any atom is 0.119 e. The lowest BCUT2D eigenvalue weighted by atomic mass is 10.0. The maximum absolute atomic E-state index is 9.40. The topological polar surface area (TPSA) is 32.7 Å². The molecule has 1 unspecified atom stereocenters. The van der Waals surface area contributed by atoms with E-state index in [1.165, 1.54) is 5.56 Å². The second kappa shape index (κ2) is 8.18. The molecular weight excluding hydrogens is 238 g/mol. The van der Waals surface area contributed by atoms with E-state index in [-0.39, 0.29) is 12.6 Å². The third-order valence-electron chi connectivity index (χ3n) is 3.51. The first-order valence-corrected chi connectivity index (χ1v) is 7.11. The normalized spacial score (nSPS) is 13.0. The molecule has 0 saturated heterocycles.